The van der Waals surface area contributed by atoms with Gasteiger partial charge in [-0.05, 0) is 19.8 Å². The number of carbonyl (C=O) groups excluding carboxylic acids is 2. The second-order valence-corrected chi connectivity index (χ2v) is 6.28. The minimum atomic E-state index is -4.71. The molecule has 2 rings (SSSR count). The average molecular weight is 400 g/mol. The Kier molecular flexibility index (Phi) is 6.26. The summed E-state index contributed by atoms with van der Waals surface area (Å²) in [4.78, 5) is 23.8. The number of hydrogen-bond donors (Lipinski definition) is 2. The number of hydrogen-bond acceptors (Lipinski definition) is 5. The number of nitrogens with zero attached hydrogens (tertiary/aromatic N) is 2. The SMILES string of the molecule is CCOC(=O)[C@H](CS)NC(=O)Cn1nc(C(F)(F)F)c(Cl)c1C1CC1. The van der Waals surface area contributed by atoms with Crippen LogP contribution >= 0.6 is 24.2 Å². The van der Waals surface area contributed by atoms with E-state index in [-0.39, 0.29) is 24.0 Å². The highest BCUT2D eigenvalue weighted by Crippen LogP contribution is 2.46. The van der Waals surface area contributed by atoms with Crippen LogP contribution in [-0.4, -0.2) is 40.1 Å². The molecule has 1 aromatic heterocycles. The highest BCUT2D eigenvalue weighted by atomic mass is 35.5. The van der Waals surface area contributed by atoms with E-state index < -0.39 is 41.4 Å². The lowest BCUT2D eigenvalue weighted by molar-refractivity contribution is -0.146. The third-order valence-corrected chi connectivity index (χ3v) is 4.28. The summed E-state index contributed by atoms with van der Waals surface area (Å²) < 4.78 is 44.7. The molecule has 0 radical (unpaired) electrons. The van der Waals surface area contributed by atoms with Crippen LogP contribution in [0.25, 0.3) is 0 Å². The molecule has 6 nitrogen and oxygen atoms in total. The first-order valence-corrected chi connectivity index (χ1v) is 8.60. The minimum Gasteiger partial charge on any atom is -0.464 e. The van der Waals surface area contributed by atoms with Gasteiger partial charge in [-0.15, -0.1) is 0 Å². The Morgan fingerprint density at radius 2 is 2.12 bits per heavy atom. The van der Waals surface area contributed by atoms with Crippen molar-refractivity contribution in [2.45, 2.75) is 44.4 Å². The highest BCUT2D eigenvalue weighted by molar-refractivity contribution is 7.80. The van der Waals surface area contributed by atoms with E-state index >= 15 is 0 Å². The van der Waals surface area contributed by atoms with E-state index in [0.717, 1.165) is 4.68 Å². The average Bonchev–Trinajstić information content (AvgIpc) is 3.28. The van der Waals surface area contributed by atoms with Gasteiger partial charge in [-0.2, -0.15) is 30.9 Å². The number of amides is 1. The quantitative estimate of drug-likeness (QED) is 0.545. The molecule has 1 aliphatic carbocycles. The normalized spacial score (nSPS) is 15.8. The van der Waals surface area contributed by atoms with Gasteiger partial charge in [0.15, 0.2) is 5.69 Å². The summed E-state index contributed by atoms with van der Waals surface area (Å²) in [7, 11) is 0. The predicted molar refractivity (Wildman–Crippen MR) is 86.6 cm³/mol. The number of alkyl halides is 3. The summed E-state index contributed by atoms with van der Waals surface area (Å²) in [6, 6.07) is -0.992. The summed E-state index contributed by atoms with van der Waals surface area (Å²) in [5, 5.41) is 5.37. The first-order chi connectivity index (χ1) is 11.7. The molecule has 11 heteroatoms. The van der Waals surface area contributed by atoms with Gasteiger partial charge in [-0.3, -0.25) is 9.48 Å². The molecule has 0 aromatic carbocycles. The van der Waals surface area contributed by atoms with Gasteiger partial charge in [-0.1, -0.05) is 11.6 Å². The van der Waals surface area contributed by atoms with Crippen LogP contribution in [0.5, 0.6) is 0 Å². The van der Waals surface area contributed by atoms with Gasteiger partial charge in [0.1, 0.15) is 12.6 Å². The molecule has 1 N–H and O–H groups in total. The van der Waals surface area contributed by atoms with Crippen molar-refractivity contribution in [2.24, 2.45) is 0 Å². The van der Waals surface area contributed by atoms with Gasteiger partial charge in [-0.25, -0.2) is 4.79 Å². The van der Waals surface area contributed by atoms with Crippen molar-refractivity contribution in [1.82, 2.24) is 15.1 Å². The van der Waals surface area contributed by atoms with E-state index in [1.54, 1.807) is 6.92 Å². The Hall–Kier alpha value is -1.42. The summed E-state index contributed by atoms with van der Waals surface area (Å²) in [5.41, 5.74) is -1.01. The smallest absolute Gasteiger partial charge is 0.436 e. The molecule has 1 fully saturated rings. The van der Waals surface area contributed by atoms with Crippen LogP contribution < -0.4 is 5.32 Å². The molecule has 1 saturated carbocycles. The topological polar surface area (TPSA) is 73.2 Å². The first-order valence-electron chi connectivity index (χ1n) is 7.59. The van der Waals surface area contributed by atoms with Gasteiger partial charge in [0.25, 0.3) is 0 Å². The third kappa shape index (κ3) is 4.81. The summed E-state index contributed by atoms with van der Waals surface area (Å²) >= 11 is 9.80. The molecular weight excluding hydrogens is 383 g/mol. The van der Waals surface area contributed by atoms with Crippen LogP contribution in [0, 0.1) is 0 Å². The van der Waals surface area contributed by atoms with Crippen LogP contribution in [0.2, 0.25) is 5.02 Å². The molecule has 25 heavy (non-hydrogen) atoms. The monoisotopic (exact) mass is 399 g/mol. The fourth-order valence-electron chi connectivity index (χ4n) is 2.30. The van der Waals surface area contributed by atoms with Crippen molar-refractivity contribution >= 4 is 36.1 Å². The zero-order valence-corrected chi connectivity index (χ0v) is 14.9. The summed E-state index contributed by atoms with van der Waals surface area (Å²) in [6.07, 6.45) is -3.33. The zero-order chi connectivity index (χ0) is 18.8. The van der Waals surface area contributed by atoms with Gasteiger partial charge < -0.3 is 10.1 Å². The Morgan fingerprint density at radius 1 is 1.48 bits per heavy atom. The molecule has 0 spiro atoms. The number of halogens is 4. The largest absolute Gasteiger partial charge is 0.464 e. The minimum absolute atomic E-state index is 0.00623. The number of nitrogens with one attached hydrogen (secondary N) is 1. The van der Waals surface area contributed by atoms with Crippen LogP contribution in [0.1, 0.15) is 37.1 Å². The second kappa shape index (κ2) is 7.86. The van der Waals surface area contributed by atoms with E-state index in [1.807, 2.05) is 0 Å². The number of carbonyl (C=O) groups is 2. The predicted octanol–water partition coefficient (Wildman–Crippen LogP) is 2.41. The number of aromatic nitrogens is 2. The van der Waals surface area contributed by atoms with E-state index in [0.29, 0.717) is 12.8 Å². The van der Waals surface area contributed by atoms with Crippen LogP contribution in [0.4, 0.5) is 13.2 Å². The van der Waals surface area contributed by atoms with Crippen molar-refractivity contribution < 1.29 is 27.5 Å². The highest BCUT2D eigenvalue weighted by Gasteiger charge is 2.42. The van der Waals surface area contributed by atoms with E-state index in [1.165, 1.54) is 0 Å². The lowest BCUT2D eigenvalue weighted by Crippen LogP contribution is -2.44. The van der Waals surface area contributed by atoms with Gasteiger partial charge >= 0.3 is 12.1 Å². The maximum Gasteiger partial charge on any atom is 0.436 e. The van der Waals surface area contributed by atoms with E-state index in [9.17, 15) is 22.8 Å². The van der Waals surface area contributed by atoms with Crippen LogP contribution in [0.3, 0.4) is 0 Å². The molecule has 0 unspecified atom stereocenters. The standard InChI is InChI=1S/C14H17ClF3N3O3S/c1-2-24-13(23)8(6-25)19-9(22)5-21-11(7-3-4-7)10(15)12(20-21)14(16,17)18/h7-8,25H,2-6H2,1H3,(H,19,22)/t8-/m0/s1. The molecule has 1 aliphatic rings. The number of rotatable bonds is 7. The van der Waals surface area contributed by atoms with Crippen molar-refractivity contribution in [3.8, 4) is 0 Å². The molecule has 140 valence electrons. The Balaban J connectivity index is 2.16. The Morgan fingerprint density at radius 3 is 2.60 bits per heavy atom. The van der Waals surface area contributed by atoms with Crippen molar-refractivity contribution in [2.75, 3.05) is 12.4 Å². The molecule has 1 aromatic rings. The fraction of sp³-hybridized carbons (Fsp3) is 0.643. The first kappa shape index (κ1) is 19.9. The maximum atomic E-state index is 13.0. The molecule has 1 heterocycles. The zero-order valence-electron chi connectivity index (χ0n) is 13.3. The molecule has 0 bridgehead atoms. The van der Waals surface area contributed by atoms with Crippen LogP contribution in [-0.2, 0) is 27.0 Å². The van der Waals surface area contributed by atoms with Crippen molar-refractivity contribution in [3.63, 3.8) is 0 Å². The molecule has 0 aliphatic heterocycles. The summed E-state index contributed by atoms with van der Waals surface area (Å²) in [5.74, 6) is -1.49. The van der Waals surface area contributed by atoms with Crippen molar-refractivity contribution in [1.29, 1.82) is 0 Å². The summed E-state index contributed by atoms with van der Waals surface area (Å²) in [6.45, 7) is 1.27. The Bertz CT molecular complexity index is 662. The number of thiol groups is 1. The fourth-order valence-corrected chi connectivity index (χ4v) is 2.94. The third-order valence-electron chi connectivity index (χ3n) is 3.55. The van der Waals surface area contributed by atoms with Crippen LogP contribution in [0.15, 0.2) is 0 Å². The molecule has 0 saturated heterocycles. The van der Waals surface area contributed by atoms with Crippen molar-refractivity contribution in [3.05, 3.63) is 16.4 Å². The van der Waals surface area contributed by atoms with Gasteiger partial charge in [0.2, 0.25) is 5.91 Å². The second-order valence-electron chi connectivity index (χ2n) is 5.53. The molecular formula is C14H17ClF3N3O3S. The Labute approximate surface area is 152 Å². The van der Waals surface area contributed by atoms with Gasteiger partial charge in [0.05, 0.1) is 17.3 Å². The molecule has 1 atom stereocenters. The van der Waals surface area contributed by atoms with E-state index in [4.69, 9.17) is 16.3 Å². The lowest BCUT2D eigenvalue weighted by Gasteiger charge is -2.15. The lowest BCUT2D eigenvalue weighted by atomic mass is 10.2. The van der Waals surface area contributed by atoms with E-state index in [2.05, 4.69) is 23.0 Å². The number of esters is 1. The van der Waals surface area contributed by atoms with Gasteiger partial charge in [0, 0.05) is 11.7 Å². The molecule has 1 amide bonds. The number of ether oxygens (including phenoxy) is 1. The maximum absolute atomic E-state index is 13.0.